The Kier molecular flexibility index (Phi) is 12.4. The SMILES string of the molecule is [CH2]CC(C(=O)CCCCCCCCCCC)N(C)C. The van der Waals surface area contributed by atoms with Crippen molar-refractivity contribution in [3.63, 3.8) is 0 Å². The minimum atomic E-state index is 0.0223. The molecule has 1 unspecified atom stereocenters. The van der Waals surface area contributed by atoms with E-state index in [1.807, 2.05) is 19.0 Å². The van der Waals surface area contributed by atoms with E-state index in [1.165, 1.54) is 51.4 Å². The highest BCUT2D eigenvalue weighted by molar-refractivity contribution is 5.83. The molecule has 113 valence electrons. The van der Waals surface area contributed by atoms with Gasteiger partial charge in [-0.1, -0.05) is 65.2 Å². The summed E-state index contributed by atoms with van der Waals surface area (Å²) in [4.78, 5) is 13.9. The van der Waals surface area contributed by atoms with Crippen molar-refractivity contribution < 1.29 is 4.79 Å². The van der Waals surface area contributed by atoms with Crippen LogP contribution in [0.2, 0.25) is 0 Å². The summed E-state index contributed by atoms with van der Waals surface area (Å²) in [5.74, 6) is 0.364. The third kappa shape index (κ3) is 10.1. The van der Waals surface area contributed by atoms with Gasteiger partial charge in [-0.05, 0) is 26.9 Å². The second-order valence-electron chi connectivity index (χ2n) is 5.81. The van der Waals surface area contributed by atoms with Gasteiger partial charge in [0.15, 0.2) is 0 Å². The van der Waals surface area contributed by atoms with Crippen LogP contribution < -0.4 is 0 Å². The fourth-order valence-electron chi connectivity index (χ4n) is 2.48. The summed E-state index contributed by atoms with van der Waals surface area (Å²) in [6.45, 7) is 6.11. The van der Waals surface area contributed by atoms with Crippen LogP contribution in [0.15, 0.2) is 0 Å². The van der Waals surface area contributed by atoms with Gasteiger partial charge in [0.2, 0.25) is 0 Å². The molecule has 0 heterocycles. The number of nitrogens with zero attached hydrogens (tertiary/aromatic N) is 1. The molecule has 0 aliphatic heterocycles. The zero-order chi connectivity index (χ0) is 14.5. The summed E-state index contributed by atoms with van der Waals surface area (Å²) in [5, 5.41) is 0. The minimum Gasteiger partial charge on any atom is -0.300 e. The predicted molar refractivity (Wildman–Crippen MR) is 84.3 cm³/mol. The van der Waals surface area contributed by atoms with E-state index in [2.05, 4.69) is 13.8 Å². The van der Waals surface area contributed by atoms with E-state index < -0.39 is 0 Å². The molecule has 0 aliphatic rings. The number of carbonyl (C=O) groups excluding carboxylic acids is 1. The highest BCUT2D eigenvalue weighted by atomic mass is 16.1. The molecule has 0 rings (SSSR count). The van der Waals surface area contributed by atoms with Crippen LogP contribution in [0.5, 0.6) is 0 Å². The molecule has 0 aromatic carbocycles. The maximum absolute atomic E-state index is 11.9. The fourth-order valence-corrected chi connectivity index (χ4v) is 2.48. The van der Waals surface area contributed by atoms with Gasteiger partial charge in [-0.3, -0.25) is 9.69 Å². The van der Waals surface area contributed by atoms with Crippen molar-refractivity contribution in [3.05, 3.63) is 6.92 Å². The van der Waals surface area contributed by atoms with Crippen molar-refractivity contribution in [3.8, 4) is 0 Å². The zero-order valence-electron chi connectivity index (χ0n) is 13.4. The second kappa shape index (κ2) is 12.7. The van der Waals surface area contributed by atoms with Crippen LogP contribution >= 0.6 is 0 Å². The molecule has 0 saturated carbocycles. The number of Topliss-reactive ketones (excluding diaryl/α,β-unsaturated/α-hetero) is 1. The molecule has 1 radical (unpaired) electrons. The van der Waals surface area contributed by atoms with Crippen LogP contribution in [0.4, 0.5) is 0 Å². The molecule has 19 heavy (non-hydrogen) atoms. The third-order valence-corrected chi connectivity index (χ3v) is 3.80. The first kappa shape index (κ1) is 18.6. The number of hydrogen-bond donors (Lipinski definition) is 0. The maximum Gasteiger partial charge on any atom is 0.149 e. The van der Waals surface area contributed by atoms with Crippen LogP contribution in [-0.2, 0) is 4.79 Å². The molecule has 1 atom stereocenters. The molecule has 0 aromatic heterocycles. The molecule has 0 bridgehead atoms. The van der Waals surface area contributed by atoms with E-state index >= 15 is 0 Å². The van der Waals surface area contributed by atoms with E-state index in [0.29, 0.717) is 12.2 Å². The number of carbonyl (C=O) groups is 1. The van der Waals surface area contributed by atoms with E-state index in [-0.39, 0.29) is 6.04 Å². The van der Waals surface area contributed by atoms with Crippen LogP contribution in [0, 0.1) is 6.92 Å². The summed E-state index contributed by atoms with van der Waals surface area (Å²) in [6, 6.07) is 0.0223. The molecule has 0 saturated heterocycles. The highest BCUT2D eigenvalue weighted by Gasteiger charge is 2.17. The Morgan fingerprint density at radius 1 is 0.947 bits per heavy atom. The molecule has 0 aromatic rings. The van der Waals surface area contributed by atoms with Gasteiger partial charge in [0.1, 0.15) is 5.78 Å². The quantitative estimate of drug-likeness (QED) is 0.454. The Labute approximate surface area is 120 Å². The number of unbranched alkanes of at least 4 members (excludes halogenated alkanes) is 8. The van der Waals surface area contributed by atoms with Gasteiger partial charge in [0.05, 0.1) is 6.04 Å². The van der Waals surface area contributed by atoms with Gasteiger partial charge >= 0.3 is 0 Å². The Morgan fingerprint density at radius 3 is 1.84 bits per heavy atom. The van der Waals surface area contributed by atoms with Crippen molar-refractivity contribution in [2.24, 2.45) is 0 Å². The first-order valence-corrected chi connectivity index (χ1v) is 8.11. The molecular formula is C17H34NO. The van der Waals surface area contributed by atoms with Crippen molar-refractivity contribution >= 4 is 5.78 Å². The van der Waals surface area contributed by atoms with Gasteiger partial charge in [-0.2, -0.15) is 0 Å². The fraction of sp³-hybridized carbons (Fsp3) is 0.882. The Morgan fingerprint density at radius 2 is 1.42 bits per heavy atom. The van der Waals surface area contributed by atoms with Crippen molar-refractivity contribution in [2.45, 2.75) is 83.6 Å². The molecule has 0 N–H and O–H groups in total. The monoisotopic (exact) mass is 268 g/mol. The maximum atomic E-state index is 11.9. The van der Waals surface area contributed by atoms with Gasteiger partial charge < -0.3 is 0 Å². The van der Waals surface area contributed by atoms with E-state index in [1.54, 1.807) is 0 Å². The first-order valence-electron chi connectivity index (χ1n) is 8.11. The standard InChI is InChI=1S/C17H34NO/c1-5-7-8-9-10-11-12-13-14-15-17(19)16(6-2)18(3)4/h16H,2,5-15H2,1,3-4H3. The summed E-state index contributed by atoms with van der Waals surface area (Å²) >= 11 is 0. The topological polar surface area (TPSA) is 20.3 Å². The van der Waals surface area contributed by atoms with Crippen LogP contribution in [-0.4, -0.2) is 30.8 Å². The van der Waals surface area contributed by atoms with Gasteiger partial charge in [0, 0.05) is 6.42 Å². The van der Waals surface area contributed by atoms with Gasteiger partial charge in [0.25, 0.3) is 0 Å². The number of hydrogen-bond acceptors (Lipinski definition) is 2. The zero-order valence-corrected chi connectivity index (χ0v) is 13.4. The van der Waals surface area contributed by atoms with Gasteiger partial charge in [-0.25, -0.2) is 0 Å². The van der Waals surface area contributed by atoms with Crippen molar-refractivity contribution in [1.82, 2.24) is 4.90 Å². The van der Waals surface area contributed by atoms with Crippen molar-refractivity contribution in [2.75, 3.05) is 14.1 Å². The normalized spacial score (nSPS) is 12.9. The Bertz CT molecular complexity index is 213. The molecule has 0 aliphatic carbocycles. The summed E-state index contributed by atoms with van der Waals surface area (Å²) < 4.78 is 0. The number of likely N-dealkylation sites (N-methyl/N-ethyl adjacent to an activating group) is 1. The third-order valence-electron chi connectivity index (χ3n) is 3.80. The van der Waals surface area contributed by atoms with Gasteiger partial charge in [-0.15, -0.1) is 0 Å². The highest BCUT2D eigenvalue weighted by Crippen LogP contribution is 2.12. The van der Waals surface area contributed by atoms with Crippen molar-refractivity contribution in [1.29, 1.82) is 0 Å². The van der Waals surface area contributed by atoms with E-state index in [4.69, 9.17) is 0 Å². The van der Waals surface area contributed by atoms with E-state index in [9.17, 15) is 4.79 Å². The summed E-state index contributed by atoms with van der Waals surface area (Å²) in [5.41, 5.74) is 0. The summed E-state index contributed by atoms with van der Waals surface area (Å²) in [6.07, 6.45) is 13.1. The lowest BCUT2D eigenvalue weighted by Gasteiger charge is -2.21. The predicted octanol–water partition coefficient (Wildman–Crippen LogP) is 4.63. The van der Waals surface area contributed by atoms with Crippen LogP contribution in [0.3, 0.4) is 0 Å². The molecule has 0 amide bonds. The first-order chi connectivity index (χ1) is 9.13. The number of ketones is 1. The average molecular weight is 268 g/mol. The minimum absolute atomic E-state index is 0.0223. The Hall–Kier alpha value is -0.370. The Balaban J connectivity index is 3.41. The van der Waals surface area contributed by atoms with E-state index in [0.717, 1.165) is 12.8 Å². The molecule has 0 fully saturated rings. The largest absolute Gasteiger partial charge is 0.300 e. The molecular weight excluding hydrogens is 234 g/mol. The molecule has 0 spiro atoms. The molecule has 2 heteroatoms. The van der Waals surface area contributed by atoms with Crippen LogP contribution in [0.25, 0.3) is 0 Å². The second-order valence-corrected chi connectivity index (χ2v) is 5.81. The lowest BCUT2D eigenvalue weighted by molar-refractivity contribution is -0.123. The molecule has 2 nitrogen and oxygen atoms in total. The summed E-state index contributed by atoms with van der Waals surface area (Å²) in [7, 11) is 3.92. The lowest BCUT2D eigenvalue weighted by Crippen LogP contribution is -2.35. The van der Waals surface area contributed by atoms with Crippen LogP contribution in [0.1, 0.15) is 77.6 Å². The average Bonchev–Trinajstić information content (AvgIpc) is 2.37. The number of rotatable bonds is 13. The smallest absolute Gasteiger partial charge is 0.149 e. The lowest BCUT2D eigenvalue weighted by atomic mass is 10.0.